The van der Waals surface area contributed by atoms with Crippen molar-refractivity contribution in [2.45, 2.75) is 66.1 Å². The van der Waals surface area contributed by atoms with E-state index < -0.39 is 26.9 Å². The van der Waals surface area contributed by atoms with Gasteiger partial charge in [0.1, 0.15) is 0 Å². The third-order valence-corrected chi connectivity index (χ3v) is 31.9. The molecule has 159 valence electrons. The average Bonchev–Trinajstić information content (AvgIpc) is 2.92. The first kappa shape index (κ1) is 23.6. The van der Waals surface area contributed by atoms with Crippen molar-refractivity contribution in [3.05, 3.63) is 80.7 Å². The van der Waals surface area contributed by atoms with E-state index >= 15 is 0 Å². The molecule has 0 heterocycles. The van der Waals surface area contributed by atoms with Gasteiger partial charge in [0.05, 0.1) is 0 Å². The molecule has 0 aliphatic heterocycles. The fourth-order valence-electron chi connectivity index (χ4n) is 4.39. The Labute approximate surface area is 193 Å². The SMILES string of the molecule is CC1=C(C)C(C)[C]([Hf]([NH]C2CCC2)[SiH](C)C)=C1C.c1ccc(-c2ccccc2)cc1. The van der Waals surface area contributed by atoms with Crippen LogP contribution in [0.2, 0.25) is 13.1 Å². The predicted octanol–water partition coefficient (Wildman–Crippen LogP) is 7.26. The normalized spacial score (nSPS) is 19.0. The van der Waals surface area contributed by atoms with Crippen LogP contribution in [0.5, 0.6) is 0 Å². The Morgan fingerprint density at radius 2 is 1.30 bits per heavy atom. The minimum atomic E-state index is -1.68. The maximum atomic E-state index is 4.19. The third kappa shape index (κ3) is 5.60. The molecule has 1 atom stereocenters. The minimum Gasteiger partial charge on any atom is -0.0622 e. The van der Waals surface area contributed by atoms with E-state index in [4.69, 9.17) is 0 Å². The molecule has 2 aromatic carbocycles. The van der Waals surface area contributed by atoms with Crippen LogP contribution in [0.4, 0.5) is 0 Å². The molecule has 1 nitrogen and oxygen atoms in total. The Morgan fingerprint density at radius 3 is 1.63 bits per heavy atom. The van der Waals surface area contributed by atoms with Crippen LogP contribution in [-0.2, 0) is 20.9 Å². The molecule has 0 aromatic heterocycles. The van der Waals surface area contributed by atoms with Gasteiger partial charge in [-0.15, -0.1) is 0 Å². The molecule has 3 heteroatoms. The summed E-state index contributed by atoms with van der Waals surface area (Å²) in [5.74, 6) is 0.270. The van der Waals surface area contributed by atoms with Crippen LogP contribution in [0, 0.1) is 5.92 Å². The summed E-state index contributed by atoms with van der Waals surface area (Å²) in [5, 5.41) is 0. The van der Waals surface area contributed by atoms with Crippen LogP contribution >= 0.6 is 0 Å². The van der Waals surface area contributed by atoms with Crippen molar-refractivity contribution in [1.82, 2.24) is 3.30 Å². The summed E-state index contributed by atoms with van der Waals surface area (Å²) in [7, 11) is 0. The summed E-state index contributed by atoms with van der Waals surface area (Å²) in [6.07, 6.45) is 4.35. The molecule has 1 N–H and O–H groups in total. The summed E-state index contributed by atoms with van der Waals surface area (Å²) >= 11 is -1.68. The van der Waals surface area contributed by atoms with Crippen LogP contribution in [0.3, 0.4) is 0 Å². The molecule has 1 fully saturated rings. The minimum absolute atomic E-state index is 0.489. The smallest absolute Gasteiger partial charge is 0.0184 e. The van der Waals surface area contributed by atoms with Gasteiger partial charge < -0.3 is 0 Å². The van der Waals surface area contributed by atoms with Gasteiger partial charge in [0, 0.05) is 0 Å². The second kappa shape index (κ2) is 11.0. The van der Waals surface area contributed by atoms with Crippen molar-refractivity contribution >= 4 is 5.98 Å². The van der Waals surface area contributed by atoms with Crippen LogP contribution in [0.15, 0.2) is 80.7 Å². The standard InChI is InChI=1S/C12H10.C9H13.C4H8N.C2H7Si.Hf/c1-3-7-11(8-4-1)12-9-5-2-6-10-12;1-6-5-7(2)9(4)8(6)3;5-4-2-1-3-4;1-3-2;/h1-10H;6H,1-4H3;4-5H,1-3H2;3H,1-2H3;/q;;-1;;+1. The van der Waals surface area contributed by atoms with Crippen molar-refractivity contribution in [2.24, 2.45) is 5.92 Å². The molecule has 0 amide bonds. The molecular weight excluding hydrogens is 545 g/mol. The van der Waals surface area contributed by atoms with E-state index in [9.17, 15) is 0 Å². The first-order chi connectivity index (χ1) is 14.4. The second-order valence-electron chi connectivity index (χ2n) is 9.14. The van der Waals surface area contributed by atoms with E-state index in [1.165, 1.54) is 30.4 Å². The Morgan fingerprint density at radius 1 is 0.800 bits per heavy atom. The number of nitrogens with one attached hydrogen (secondary N) is 1. The summed E-state index contributed by atoms with van der Waals surface area (Å²) in [6, 6.07) is 21.7. The summed E-state index contributed by atoms with van der Waals surface area (Å²) < 4.78 is 6.12. The molecule has 0 radical (unpaired) electrons. The number of allylic oxidation sites excluding steroid dienone is 4. The topological polar surface area (TPSA) is 12.0 Å². The zero-order chi connectivity index (χ0) is 21.7. The van der Waals surface area contributed by atoms with Gasteiger partial charge >= 0.3 is 122 Å². The molecule has 1 unspecified atom stereocenters. The van der Waals surface area contributed by atoms with Crippen molar-refractivity contribution in [3.8, 4) is 11.1 Å². The van der Waals surface area contributed by atoms with E-state index in [1.54, 1.807) is 16.7 Å². The first-order valence-electron chi connectivity index (χ1n) is 11.5. The van der Waals surface area contributed by atoms with Gasteiger partial charge in [-0.3, -0.25) is 0 Å². The van der Waals surface area contributed by atoms with Gasteiger partial charge in [0.15, 0.2) is 0 Å². The van der Waals surface area contributed by atoms with Gasteiger partial charge in [0.2, 0.25) is 0 Å². The fourth-order valence-corrected chi connectivity index (χ4v) is 29.1. The summed E-state index contributed by atoms with van der Waals surface area (Å²) in [5.41, 5.74) is 7.48. The van der Waals surface area contributed by atoms with Crippen LogP contribution < -0.4 is 3.30 Å². The molecule has 30 heavy (non-hydrogen) atoms. The zero-order valence-electron chi connectivity index (χ0n) is 19.6. The van der Waals surface area contributed by atoms with Crippen molar-refractivity contribution < 1.29 is 20.9 Å². The maximum Gasteiger partial charge on any atom is -0.0184 e. The van der Waals surface area contributed by atoms with Gasteiger partial charge in [-0.05, 0) is 11.1 Å². The predicted molar refractivity (Wildman–Crippen MR) is 132 cm³/mol. The molecular formula is C27H38HfNSi. The van der Waals surface area contributed by atoms with Crippen molar-refractivity contribution in [3.63, 3.8) is 0 Å². The van der Waals surface area contributed by atoms with E-state index in [-0.39, 0.29) is 0 Å². The van der Waals surface area contributed by atoms with E-state index in [1.807, 2.05) is 15.5 Å². The van der Waals surface area contributed by atoms with Crippen LogP contribution in [-0.4, -0.2) is 12.0 Å². The molecule has 2 aliphatic rings. The molecule has 2 aliphatic carbocycles. The van der Waals surface area contributed by atoms with Crippen LogP contribution in [0.25, 0.3) is 11.1 Å². The van der Waals surface area contributed by atoms with Gasteiger partial charge in [0.25, 0.3) is 0 Å². The number of benzene rings is 2. The molecule has 0 bridgehead atoms. The zero-order valence-corrected chi connectivity index (χ0v) is 24.4. The van der Waals surface area contributed by atoms with Gasteiger partial charge in [-0.1, -0.05) is 60.7 Å². The van der Waals surface area contributed by atoms with E-state index in [0.717, 1.165) is 12.0 Å². The Kier molecular flexibility index (Phi) is 8.68. The first-order valence-corrected chi connectivity index (χ1v) is 24.2. The Balaban J connectivity index is 0.000000184. The third-order valence-electron chi connectivity index (χ3n) is 6.85. The Bertz CT molecular complexity index is 844. The molecule has 2 aromatic rings. The van der Waals surface area contributed by atoms with Gasteiger partial charge in [-0.2, -0.15) is 0 Å². The fraction of sp³-hybridized carbons (Fsp3) is 0.407. The second-order valence-corrected chi connectivity index (χ2v) is 34.6. The number of hydrogen-bond donors (Lipinski definition) is 1. The Hall–Kier alpha value is -1.03. The molecule has 0 spiro atoms. The number of rotatable bonds is 5. The van der Waals surface area contributed by atoms with Crippen molar-refractivity contribution in [2.75, 3.05) is 0 Å². The van der Waals surface area contributed by atoms with E-state index in [2.05, 4.69) is 92.6 Å². The molecule has 1 saturated carbocycles. The van der Waals surface area contributed by atoms with E-state index in [0.29, 0.717) is 0 Å². The largest absolute Gasteiger partial charge is 0.0622 e. The van der Waals surface area contributed by atoms with Crippen molar-refractivity contribution in [1.29, 1.82) is 0 Å². The summed E-state index contributed by atoms with van der Waals surface area (Å²) in [6.45, 7) is 14.7. The number of hydrogen-bond acceptors (Lipinski definition) is 1. The molecule has 0 saturated heterocycles. The average molecular weight is 583 g/mol. The maximum absolute atomic E-state index is 4.19. The monoisotopic (exact) mass is 584 g/mol. The van der Waals surface area contributed by atoms with Gasteiger partial charge in [-0.25, -0.2) is 0 Å². The molecule has 4 rings (SSSR count). The van der Waals surface area contributed by atoms with Crippen LogP contribution in [0.1, 0.15) is 47.0 Å². The quantitative estimate of drug-likeness (QED) is 0.366. The summed E-state index contributed by atoms with van der Waals surface area (Å²) in [4.78, 5) is 0.